The van der Waals surface area contributed by atoms with E-state index in [4.69, 9.17) is 5.11 Å². The first kappa shape index (κ1) is 12.9. The zero-order chi connectivity index (χ0) is 13.3. The maximum Gasteiger partial charge on any atom is 0.248 e. The van der Waals surface area contributed by atoms with E-state index < -0.39 is 36.3 Å². The van der Waals surface area contributed by atoms with Gasteiger partial charge in [0.05, 0.1) is 12.1 Å². The smallest absolute Gasteiger partial charge is 0.248 e. The van der Waals surface area contributed by atoms with E-state index in [-0.39, 0.29) is 13.0 Å². The zero-order valence-electron chi connectivity index (χ0n) is 9.51. The fourth-order valence-electron chi connectivity index (χ4n) is 2.22. The molecule has 2 N–H and O–H groups in total. The SMILES string of the molecule is O=C(CO)N1C[C@H](O)C[C@@H]1c1ccc(F)c(F)c1. The minimum Gasteiger partial charge on any atom is -0.391 e. The number of aliphatic hydroxyl groups is 2. The second kappa shape index (κ2) is 4.99. The average molecular weight is 257 g/mol. The van der Waals surface area contributed by atoms with Crippen LogP contribution in [0.4, 0.5) is 8.78 Å². The van der Waals surface area contributed by atoms with Crippen LogP contribution in [-0.4, -0.2) is 40.3 Å². The molecule has 1 saturated heterocycles. The molecule has 1 heterocycles. The lowest BCUT2D eigenvalue weighted by atomic mass is 10.0. The van der Waals surface area contributed by atoms with E-state index in [1.54, 1.807) is 0 Å². The van der Waals surface area contributed by atoms with Gasteiger partial charge in [0, 0.05) is 6.54 Å². The number of β-amino-alcohol motifs (C(OH)–C–C–N with tert-alkyl or cyclic N) is 1. The highest BCUT2D eigenvalue weighted by Gasteiger charge is 2.35. The summed E-state index contributed by atoms with van der Waals surface area (Å²) in [6.07, 6.45) is -0.477. The Bertz CT molecular complexity index is 467. The number of likely N-dealkylation sites (tertiary alicyclic amines) is 1. The maximum absolute atomic E-state index is 13.1. The molecule has 4 nitrogen and oxygen atoms in total. The summed E-state index contributed by atoms with van der Waals surface area (Å²) in [6, 6.07) is 2.83. The Kier molecular flexibility index (Phi) is 3.58. The number of aliphatic hydroxyl groups excluding tert-OH is 2. The third kappa shape index (κ3) is 2.34. The van der Waals surface area contributed by atoms with Crippen molar-refractivity contribution in [1.82, 2.24) is 4.90 Å². The topological polar surface area (TPSA) is 60.8 Å². The molecule has 0 aromatic heterocycles. The van der Waals surface area contributed by atoms with Crippen LogP contribution in [0.1, 0.15) is 18.0 Å². The quantitative estimate of drug-likeness (QED) is 0.815. The number of carbonyl (C=O) groups is 1. The number of hydrogen-bond donors (Lipinski definition) is 2. The normalized spacial score (nSPS) is 23.4. The zero-order valence-corrected chi connectivity index (χ0v) is 9.51. The number of benzene rings is 1. The van der Waals surface area contributed by atoms with Crippen LogP contribution in [0.5, 0.6) is 0 Å². The molecule has 6 heteroatoms. The lowest BCUT2D eigenvalue weighted by molar-refractivity contribution is -0.135. The fraction of sp³-hybridized carbons (Fsp3) is 0.417. The molecule has 1 aliphatic heterocycles. The summed E-state index contributed by atoms with van der Waals surface area (Å²) >= 11 is 0. The van der Waals surface area contributed by atoms with Crippen LogP contribution in [-0.2, 0) is 4.79 Å². The lowest BCUT2D eigenvalue weighted by Crippen LogP contribution is -2.33. The fourth-order valence-corrected chi connectivity index (χ4v) is 2.22. The third-order valence-corrected chi connectivity index (χ3v) is 3.06. The Hall–Kier alpha value is -1.53. The predicted molar refractivity (Wildman–Crippen MR) is 58.5 cm³/mol. The van der Waals surface area contributed by atoms with Crippen molar-refractivity contribution in [2.45, 2.75) is 18.6 Å². The molecule has 1 aromatic carbocycles. The van der Waals surface area contributed by atoms with E-state index in [9.17, 15) is 18.7 Å². The summed E-state index contributed by atoms with van der Waals surface area (Å²) in [5.74, 6) is -2.50. The molecule has 2 atom stereocenters. The molecule has 0 aliphatic carbocycles. The molecule has 1 aliphatic rings. The van der Waals surface area contributed by atoms with Crippen molar-refractivity contribution in [2.75, 3.05) is 13.2 Å². The van der Waals surface area contributed by atoms with Crippen molar-refractivity contribution < 1.29 is 23.8 Å². The molecule has 0 bridgehead atoms. The first-order valence-corrected chi connectivity index (χ1v) is 5.56. The monoisotopic (exact) mass is 257 g/mol. The largest absolute Gasteiger partial charge is 0.391 e. The maximum atomic E-state index is 13.1. The van der Waals surface area contributed by atoms with Gasteiger partial charge in [0.2, 0.25) is 5.91 Å². The number of rotatable bonds is 2. The van der Waals surface area contributed by atoms with Gasteiger partial charge >= 0.3 is 0 Å². The highest BCUT2D eigenvalue weighted by atomic mass is 19.2. The molecule has 98 valence electrons. The Balaban J connectivity index is 2.29. The van der Waals surface area contributed by atoms with Crippen LogP contribution in [0.15, 0.2) is 18.2 Å². The van der Waals surface area contributed by atoms with E-state index in [1.807, 2.05) is 0 Å². The summed E-state index contributed by atoms with van der Waals surface area (Å²) < 4.78 is 26.0. The molecule has 0 radical (unpaired) electrons. The van der Waals surface area contributed by atoms with Crippen LogP contribution in [0, 0.1) is 11.6 Å². The molecule has 0 spiro atoms. The summed E-state index contributed by atoms with van der Waals surface area (Å²) in [5, 5.41) is 18.4. The van der Waals surface area contributed by atoms with Gasteiger partial charge in [0.15, 0.2) is 11.6 Å². The van der Waals surface area contributed by atoms with Gasteiger partial charge in [0.25, 0.3) is 0 Å². The number of halogens is 2. The van der Waals surface area contributed by atoms with Crippen molar-refractivity contribution in [2.24, 2.45) is 0 Å². The summed E-state index contributed by atoms with van der Waals surface area (Å²) in [5.41, 5.74) is 0.409. The van der Waals surface area contributed by atoms with Gasteiger partial charge in [-0.15, -0.1) is 0 Å². The number of carbonyl (C=O) groups excluding carboxylic acids is 1. The Morgan fingerprint density at radius 1 is 1.39 bits per heavy atom. The van der Waals surface area contributed by atoms with Crippen LogP contribution >= 0.6 is 0 Å². The number of hydrogen-bond acceptors (Lipinski definition) is 3. The van der Waals surface area contributed by atoms with Crippen LogP contribution in [0.2, 0.25) is 0 Å². The average Bonchev–Trinajstić information content (AvgIpc) is 2.74. The second-order valence-electron chi connectivity index (χ2n) is 4.28. The van der Waals surface area contributed by atoms with Gasteiger partial charge in [-0.3, -0.25) is 4.79 Å². The Morgan fingerprint density at radius 2 is 2.11 bits per heavy atom. The minimum absolute atomic E-state index is 0.0864. The van der Waals surface area contributed by atoms with Crippen molar-refractivity contribution in [1.29, 1.82) is 0 Å². The molecular formula is C12H13F2NO3. The minimum atomic E-state index is -0.995. The highest BCUT2D eigenvalue weighted by molar-refractivity contribution is 5.78. The Morgan fingerprint density at radius 3 is 2.72 bits per heavy atom. The van der Waals surface area contributed by atoms with E-state index >= 15 is 0 Å². The predicted octanol–water partition coefficient (Wildman–Crippen LogP) is 0.591. The van der Waals surface area contributed by atoms with Gasteiger partial charge in [0.1, 0.15) is 6.61 Å². The summed E-state index contributed by atoms with van der Waals surface area (Å²) in [7, 11) is 0. The van der Waals surface area contributed by atoms with Crippen LogP contribution in [0.25, 0.3) is 0 Å². The van der Waals surface area contributed by atoms with Crippen molar-refractivity contribution in [3.63, 3.8) is 0 Å². The highest BCUT2D eigenvalue weighted by Crippen LogP contribution is 2.32. The van der Waals surface area contributed by atoms with E-state index in [0.717, 1.165) is 12.1 Å². The molecule has 1 amide bonds. The lowest BCUT2D eigenvalue weighted by Gasteiger charge is -2.24. The van der Waals surface area contributed by atoms with Gasteiger partial charge in [-0.05, 0) is 24.1 Å². The van der Waals surface area contributed by atoms with E-state index in [1.165, 1.54) is 11.0 Å². The summed E-state index contributed by atoms with van der Waals surface area (Å²) in [4.78, 5) is 12.8. The van der Waals surface area contributed by atoms with Gasteiger partial charge in [-0.25, -0.2) is 8.78 Å². The Labute approximate surface area is 102 Å². The van der Waals surface area contributed by atoms with Crippen molar-refractivity contribution in [3.8, 4) is 0 Å². The van der Waals surface area contributed by atoms with Gasteiger partial charge in [-0.1, -0.05) is 6.07 Å². The summed E-state index contributed by atoms with van der Waals surface area (Å²) in [6.45, 7) is -0.587. The standard InChI is InChI=1S/C12H13F2NO3/c13-9-2-1-7(3-10(9)14)11-4-8(17)5-15(11)12(18)6-16/h1-3,8,11,16-17H,4-6H2/t8-,11-/m1/s1. The van der Waals surface area contributed by atoms with E-state index in [0.29, 0.717) is 5.56 Å². The molecule has 0 unspecified atom stereocenters. The van der Waals surface area contributed by atoms with Crippen LogP contribution in [0.3, 0.4) is 0 Å². The molecule has 1 fully saturated rings. The first-order chi connectivity index (χ1) is 8.52. The molecule has 2 rings (SSSR count). The first-order valence-electron chi connectivity index (χ1n) is 5.56. The number of amides is 1. The van der Waals surface area contributed by atoms with Crippen molar-refractivity contribution >= 4 is 5.91 Å². The second-order valence-corrected chi connectivity index (χ2v) is 4.28. The van der Waals surface area contributed by atoms with Gasteiger partial charge < -0.3 is 15.1 Å². The molecular weight excluding hydrogens is 244 g/mol. The number of nitrogens with zero attached hydrogens (tertiary/aromatic N) is 1. The van der Waals surface area contributed by atoms with Crippen molar-refractivity contribution in [3.05, 3.63) is 35.4 Å². The molecule has 18 heavy (non-hydrogen) atoms. The van der Waals surface area contributed by atoms with Gasteiger partial charge in [-0.2, -0.15) is 0 Å². The molecule has 0 saturated carbocycles. The third-order valence-electron chi connectivity index (χ3n) is 3.06. The van der Waals surface area contributed by atoms with E-state index in [2.05, 4.69) is 0 Å². The molecule has 1 aromatic rings. The van der Waals surface area contributed by atoms with Crippen LogP contribution < -0.4 is 0 Å².